The van der Waals surface area contributed by atoms with Crippen LogP contribution in [0.3, 0.4) is 0 Å². The van der Waals surface area contributed by atoms with E-state index >= 15 is 0 Å². The molecule has 3 nitrogen and oxygen atoms in total. The average molecular weight is 228 g/mol. The molecule has 1 amide bonds. The first-order valence-electron chi connectivity index (χ1n) is 4.73. The second kappa shape index (κ2) is 5.03. The summed E-state index contributed by atoms with van der Waals surface area (Å²) in [5, 5.41) is 0.139. The van der Waals surface area contributed by atoms with Crippen LogP contribution in [0.1, 0.15) is 24.2 Å². The number of furan rings is 1. The molecule has 0 atom stereocenters. The van der Waals surface area contributed by atoms with E-state index in [0.717, 1.165) is 5.57 Å². The van der Waals surface area contributed by atoms with E-state index in [2.05, 4.69) is 6.58 Å². The van der Waals surface area contributed by atoms with Crippen LogP contribution in [0.2, 0.25) is 5.22 Å². The van der Waals surface area contributed by atoms with Gasteiger partial charge in [0.15, 0.2) is 0 Å². The van der Waals surface area contributed by atoms with Gasteiger partial charge < -0.3 is 9.32 Å². The molecule has 4 heteroatoms. The van der Waals surface area contributed by atoms with Crippen LogP contribution in [0.25, 0.3) is 0 Å². The van der Waals surface area contributed by atoms with Gasteiger partial charge in [-0.15, -0.1) is 0 Å². The first-order valence-corrected chi connectivity index (χ1v) is 5.10. The maximum atomic E-state index is 11.9. The first kappa shape index (κ1) is 11.9. The summed E-state index contributed by atoms with van der Waals surface area (Å²) in [6.45, 7) is 8.73. The van der Waals surface area contributed by atoms with Crippen molar-refractivity contribution in [3.05, 3.63) is 35.3 Å². The molecular weight excluding hydrogens is 214 g/mol. The molecule has 0 unspecified atom stereocenters. The second-order valence-electron chi connectivity index (χ2n) is 3.38. The van der Waals surface area contributed by atoms with Gasteiger partial charge >= 0.3 is 0 Å². The average Bonchev–Trinajstić information content (AvgIpc) is 2.59. The molecular formula is C11H14ClNO2. The van der Waals surface area contributed by atoms with E-state index in [1.165, 1.54) is 6.26 Å². The number of rotatable bonds is 4. The Hall–Kier alpha value is -1.22. The fraction of sp³-hybridized carbons (Fsp3) is 0.364. The minimum absolute atomic E-state index is 0.126. The lowest BCUT2D eigenvalue weighted by atomic mass is 10.2. The molecule has 1 aromatic heterocycles. The van der Waals surface area contributed by atoms with E-state index in [9.17, 15) is 4.79 Å². The van der Waals surface area contributed by atoms with Crippen molar-refractivity contribution < 1.29 is 9.21 Å². The van der Waals surface area contributed by atoms with Crippen molar-refractivity contribution in [3.63, 3.8) is 0 Å². The summed E-state index contributed by atoms with van der Waals surface area (Å²) < 4.78 is 4.88. The zero-order chi connectivity index (χ0) is 11.4. The molecule has 0 N–H and O–H groups in total. The Bertz CT molecular complexity index is 370. The van der Waals surface area contributed by atoms with E-state index in [4.69, 9.17) is 16.0 Å². The van der Waals surface area contributed by atoms with E-state index in [1.807, 2.05) is 13.8 Å². The minimum atomic E-state index is -0.126. The molecule has 0 aliphatic rings. The van der Waals surface area contributed by atoms with Gasteiger partial charge in [-0.25, -0.2) is 0 Å². The van der Waals surface area contributed by atoms with Gasteiger partial charge in [-0.1, -0.05) is 12.2 Å². The smallest absolute Gasteiger partial charge is 0.259 e. The zero-order valence-corrected chi connectivity index (χ0v) is 9.67. The molecule has 0 aliphatic carbocycles. The number of nitrogens with zero attached hydrogens (tertiary/aromatic N) is 1. The van der Waals surface area contributed by atoms with Crippen molar-refractivity contribution in [1.29, 1.82) is 0 Å². The number of hydrogen-bond donors (Lipinski definition) is 0. The van der Waals surface area contributed by atoms with Crippen LogP contribution in [0.15, 0.2) is 28.9 Å². The molecule has 0 spiro atoms. The van der Waals surface area contributed by atoms with Gasteiger partial charge in [0.25, 0.3) is 5.91 Å². The van der Waals surface area contributed by atoms with Crippen molar-refractivity contribution in [2.45, 2.75) is 13.8 Å². The molecule has 0 bridgehead atoms. The van der Waals surface area contributed by atoms with E-state index in [-0.39, 0.29) is 11.1 Å². The topological polar surface area (TPSA) is 33.5 Å². The Labute approximate surface area is 94.3 Å². The zero-order valence-electron chi connectivity index (χ0n) is 8.92. The third-order valence-corrected chi connectivity index (χ3v) is 2.27. The molecule has 0 saturated heterocycles. The highest BCUT2D eigenvalue weighted by Gasteiger charge is 2.18. The lowest BCUT2D eigenvalue weighted by Crippen LogP contribution is -2.32. The quantitative estimate of drug-likeness (QED) is 0.741. The predicted molar refractivity (Wildman–Crippen MR) is 60.1 cm³/mol. The number of amides is 1. The predicted octanol–water partition coefficient (Wildman–Crippen LogP) is 2.97. The Balaban J connectivity index is 2.82. The van der Waals surface area contributed by atoms with E-state index < -0.39 is 0 Å². The summed E-state index contributed by atoms with van der Waals surface area (Å²) in [7, 11) is 0. The van der Waals surface area contributed by atoms with Crippen LogP contribution in [0.4, 0.5) is 0 Å². The highest BCUT2D eigenvalue weighted by atomic mass is 35.5. The Morgan fingerprint density at radius 3 is 2.73 bits per heavy atom. The maximum Gasteiger partial charge on any atom is 0.259 e. The van der Waals surface area contributed by atoms with Gasteiger partial charge in [0.2, 0.25) is 5.22 Å². The number of likely N-dealkylation sites (N-methyl/N-ethyl adjacent to an activating group) is 1. The van der Waals surface area contributed by atoms with E-state index in [1.54, 1.807) is 11.0 Å². The molecule has 0 aromatic carbocycles. The summed E-state index contributed by atoms with van der Waals surface area (Å²) in [6.07, 6.45) is 1.41. The fourth-order valence-electron chi connectivity index (χ4n) is 1.27. The monoisotopic (exact) mass is 227 g/mol. The molecule has 1 rings (SSSR count). The van der Waals surface area contributed by atoms with Crippen molar-refractivity contribution >= 4 is 17.5 Å². The molecule has 82 valence electrons. The largest absolute Gasteiger partial charge is 0.452 e. The molecule has 0 aliphatic heterocycles. The van der Waals surface area contributed by atoms with Crippen LogP contribution < -0.4 is 0 Å². The molecule has 1 aromatic rings. The van der Waals surface area contributed by atoms with Crippen LogP contribution in [-0.4, -0.2) is 23.9 Å². The first-order chi connectivity index (χ1) is 7.06. The minimum Gasteiger partial charge on any atom is -0.452 e. The number of halogens is 1. The Morgan fingerprint density at radius 1 is 1.67 bits per heavy atom. The third kappa shape index (κ3) is 2.86. The Kier molecular flexibility index (Phi) is 3.97. The number of hydrogen-bond acceptors (Lipinski definition) is 2. The van der Waals surface area contributed by atoms with Gasteiger partial charge in [0, 0.05) is 13.1 Å². The highest BCUT2D eigenvalue weighted by molar-refractivity contribution is 6.32. The lowest BCUT2D eigenvalue weighted by Gasteiger charge is -2.20. The standard InChI is InChI=1S/C11H14ClNO2/c1-4-13(7-8(2)3)11(14)9-5-6-15-10(9)12/h5-6H,2,4,7H2,1,3H3. The maximum absolute atomic E-state index is 11.9. The van der Waals surface area contributed by atoms with Crippen molar-refractivity contribution in [2.75, 3.05) is 13.1 Å². The summed E-state index contributed by atoms with van der Waals surface area (Å²) >= 11 is 5.74. The molecule has 0 radical (unpaired) electrons. The van der Waals surface area contributed by atoms with Gasteiger partial charge in [0.05, 0.1) is 11.8 Å². The second-order valence-corrected chi connectivity index (χ2v) is 3.73. The van der Waals surface area contributed by atoms with Crippen LogP contribution >= 0.6 is 11.6 Å². The number of carbonyl (C=O) groups is 1. The third-order valence-electron chi connectivity index (χ3n) is 1.98. The van der Waals surface area contributed by atoms with Gasteiger partial charge in [-0.05, 0) is 31.5 Å². The lowest BCUT2D eigenvalue weighted by molar-refractivity contribution is 0.0778. The summed E-state index contributed by atoms with van der Waals surface area (Å²) in [6, 6.07) is 1.58. The fourth-order valence-corrected chi connectivity index (χ4v) is 1.46. The summed E-state index contributed by atoms with van der Waals surface area (Å²) in [5.41, 5.74) is 1.34. The normalized spacial score (nSPS) is 10.1. The summed E-state index contributed by atoms with van der Waals surface area (Å²) in [5.74, 6) is -0.126. The van der Waals surface area contributed by atoms with Crippen LogP contribution in [0.5, 0.6) is 0 Å². The van der Waals surface area contributed by atoms with Crippen LogP contribution in [-0.2, 0) is 0 Å². The van der Waals surface area contributed by atoms with Gasteiger partial charge in [-0.2, -0.15) is 0 Å². The Morgan fingerprint density at radius 2 is 2.33 bits per heavy atom. The van der Waals surface area contributed by atoms with Crippen molar-refractivity contribution in [3.8, 4) is 0 Å². The molecule has 1 heterocycles. The summed E-state index contributed by atoms with van der Waals surface area (Å²) in [4.78, 5) is 13.6. The van der Waals surface area contributed by atoms with Gasteiger partial charge in [0.1, 0.15) is 0 Å². The molecule has 15 heavy (non-hydrogen) atoms. The molecule has 0 fully saturated rings. The van der Waals surface area contributed by atoms with Gasteiger partial charge in [-0.3, -0.25) is 4.79 Å². The molecule has 0 saturated carbocycles. The number of carbonyl (C=O) groups excluding carboxylic acids is 1. The van der Waals surface area contributed by atoms with Crippen molar-refractivity contribution in [1.82, 2.24) is 4.90 Å². The van der Waals surface area contributed by atoms with Crippen molar-refractivity contribution in [2.24, 2.45) is 0 Å². The van der Waals surface area contributed by atoms with Crippen LogP contribution in [0, 0.1) is 0 Å². The highest BCUT2D eigenvalue weighted by Crippen LogP contribution is 2.18. The van der Waals surface area contributed by atoms with E-state index in [0.29, 0.717) is 18.7 Å². The SMILES string of the molecule is C=C(C)CN(CC)C(=O)c1ccoc1Cl.